The maximum Gasteiger partial charge on any atom is 0.257 e. The van der Waals surface area contributed by atoms with Gasteiger partial charge in [-0.3, -0.25) is 9.69 Å². The van der Waals surface area contributed by atoms with E-state index in [1.54, 1.807) is 35.4 Å². The Hall–Kier alpha value is -2.80. The van der Waals surface area contributed by atoms with E-state index in [0.717, 1.165) is 31.6 Å². The number of halogens is 2. The van der Waals surface area contributed by atoms with Crippen molar-refractivity contribution in [3.8, 4) is 0 Å². The largest absolute Gasteiger partial charge is 0.336 e. The molecule has 3 aromatic rings. The van der Waals surface area contributed by atoms with Crippen LogP contribution in [-0.2, 0) is 6.42 Å². The third-order valence-corrected chi connectivity index (χ3v) is 4.97. The molecule has 1 aliphatic rings. The monoisotopic (exact) mass is 370 g/mol. The molecule has 1 aliphatic heterocycles. The molecule has 0 atom stereocenters. The summed E-state index contributed by atoms with van der Waals surface area (Å²) in [6.45, 7) is 3.66. The molecule has 0 saturated carbocycles. The van der Waals surface area contributed by atoms with Gasteiger partial charge in [0.25, 0.3) is 5.91 Å². The fraction of sp³-hybridized carbons (Fsp3) is 0.300. The molecule has 0 radical (unpaired) electrons. The zero-order valence-electron chi connectivity index (χ0n) is 14.8. The Kier molecular flexibility index (Phi) is 4.85. The van der Waals surface area contributed by atoms with Crippen LogP contribution in [0.1, 0.15) is 15.9 Å². The third kappa shape index (κ3) is 3.83. The van der Waals surface area contributed by atoms with E-state index in [1.165, 1.54) is 22.7 Å². The first kappa shape index (κ1) is 17.6. The molecule has 0 unspecified atom stereocenters. The summed E-state index contributed by atoms with van der Waals surface area (Å²) in [6, 6.07) is 9.97. The van der Waals surface area contributed by atoms with Crippen LogP contribution in [-0.4, -0.2) is 57.8 Å². The lowest BCUT2D eigenvalue weighted by molar-refractivity contribution is 0.0640. The number of benzene rings is 1. The van der Waals surface area contributed by atoms with Crippen LogP contribution >= 0.6 is 0 Å². The lowest BCUT2D eigenvalue weighted by Crippen LogP contribution is -2.49. The molecule has 5 nitrogen and oxygen atoms in total. The van der Waals surface area contributed by atoms with E-state index >= 15 is 0 Å². The summed E-state index contributed by atoms with van der Waals surface area (Å²) in [5, 5.41) is 0. The molecule has 7 heteroatoms. The summed E-state index contributed by atoms with van der Waals surface area (Å²) in [6.07, 6.45) is 3.79. The Balaban J connectivity index is 1.35. The number of nitrogens with zero attached hydrogens (tertiary/aromatic N) is 4. The van der Waals surface area contributed by atoms with E-state index in [2.05, 4.69) is 9.88 Å². The van der Waals surface area contributed by atoms with Gasteiger partial charge < -0.3 is 9.30 Å². The SMILES string of the molecule is O=C(c1cccn2cc(F)nc12)N1CCN(CCc2ccc(F)cc2)CC1. The van der Waals surface area contributed by atoms with Crippen molar-refractivity contribution >= 4 is 11.6 Å². The summed E-state index contributed by atoms with van der Waals surface area (Å²) in [4.78, 5) is 20.7. The van der Waals surface area contributed by atoms with Crippen molar-refractivity contribution in [1.29, 1.82) is 0 Å². The van der Waals surface area contributed by atoms with Crippen molar-refractivity contribution in [3.63, 3.8) is 0 Å². The topological polar surface area (TPSA) is 40.9 Å². The average Bonchev–Trinajstić information content (AvgIpc) is 3.07. The Bertz CT molecular complexity index is 946. The van der Waals surface area contributed by atoms with Crippen LogP contribution in [0.2, 0.25) is 0 Å². The van der Waals surface area contributed by atoms with Gasteiger partial charge in [0.05, 0.1) is 11.8 Å². The van der Waals surface area contributed by atoms with Gasteiger partial charge in [-0.2, -0.15) is 9.37 Å². The molecule has 0 bridgehead atoms. The summed E-state index contributed by atoms with van der Waals surface area (Å²) in [5.41, 5.74) is 1.86. The number of imidazole rings is 1. The van der Waals surface area contributed by atoms with E-state index in [-0.39, 0.29) is 11.7 Å². The van der Waals surface area contributed by atoms with Crippen molar-refractivity contribution in [2.24, 2.45) is 0 Å². The number of carbonyl (C=O) groups excluding carboxylic acids is 1. The van der Waals surface area contributed by atoms with Crippen LogP contribution in [0.5, 0.6) is 0 Å². The molecule has 0 spiro atoms. The van der Waals surface area contributed by atoms with E-state index < -0.39 is 5.95 Å². The number of hydrogen-bond donors (Lipinski definition) is 0. The fourth-order valence-electron chi connectivity index (χ4n) is 3.43. The second kappa shape index (κ2) is 7.44. The van der Waals surface area contributed by atoms with Gasteiger partial charge in [-0.15, -0.1) is 0 Å². The van der Waals surface area contributed by atoms with Crippen LogP contribution in [0.25, 0.3) is 5.65 Å². The predicted molar refractivity (Wildman–Crippen MR) is 97.6 cm³/mol. The van der Waals surface area contributed by atoms with Crippen molar-refractivity contribution < 1.29 is 13.6 Å². The summed E-state index contributed by atoms with van der Waals surface area (Å²) in [5.74, 6) is -0.941. The molecule has 1 saturated heterocycles. The van der Waals surface area contributed by atoms with Crippen molar-refractivity contribution in [1.82, 2.24) is 19.2 Å². The molecule has 4 rings (SSSR count). The molecule has 1 aromatic carbocycles. The summed E-state index contributed by atoms with van der Waals surface area (Å²) in [7, 11) is 0. The molecule has 1 amide bonds. The van der Waals surface area contributed by atoms with Crippen molar-refractivity contribution in [2.45, 2.75) is 6.42 Å². The van der Waals surface area contributed by atoms with Gasteiger partial charge >= 0.3 is 0 Å². The second-order valence-electron chi connectivity index (χ2n) is 6.73. The van der Waals surface area contributed by atoms with E-state index in [4.69, 9.17) is 0 Å². The van der Waals surface area contributed by atoms with Gasteiger partial charge in [-0.25, -0.2) is 4.39 Å². The molecule has 0 aliphatic carbocycles. The Morgan fingerprint density at radius 1 is 1.04 bits per heavy atom. The predicted octanol–water partition coefficient (Wildman–Crippen LogP) is 2.61. The lowest BCUT2D eigenvalue weighted by Gasteiger charge is -2.34. The number of rotatable bonds is 4. The quantitative estimate of drug-likeness (QED) is 0.709. The highest BCUT2D eigenvalue weighted by atomic mass is 19.1. The number of aromatic nitrogens is 2. The minimum absolute atomic E-state index is 0.121. The Morgan fingerprint density at radius 2 is 1.78 bits per heavy atom. The normalized spacial score (nSPS) is 15.4. The van der Waals surface area contributed by atoms with E-state index in [9.17, 15) is 13.6 Å². The third-order valence-electron chi connectivity index (χ3n) is 4.97. The highest BCUT2D eigenvalue weighted by Crippen LogP contribution is 2.15. The number of carbonyl (C=O) groups is 1. The zero-order chi connectivity index (χ0) is 18.8. The van der Waals surface area contributed by atoms with Gasteiger partial charge in [-0.05, 0) is 36.2 Å². The molecule has 27 heavy (non-hydrogen) atoms. The van der Waals surface area contributed by atoms with E-state index in [1.807, 2.05) is 0 Å². The van der Waals surface area contributed by atoms with Gasteiger partial charge in [0.15, 0.2) is 5.65 Å². The van der Waals surface area contributed by atoms with E-state index in [0.29, 0.717) is 24.3 Å². The molecule has 140 valence electrons. The van der Waals surface area contributed by atoms with Crippen LogP contribution in [0.3, 0.4) is 0 Å². The molecule has 2 aromatic heterocycles. The highest BCUT2D eigenvalue weighted by molar-refractivity contribution is 5.99. The number of hydrogen-bond acceptors (Lipinski definition) is 3. The summed E-state index contributed by atoms with van der Waals surface area (Å²) >= 11 is 0. The first-order valence-electron chi connectivity index (χ1n) is 8.99. The molecule has 0 N–H and O–H groups in total. The first-order valence-corrected chi connectivity index (χ1v) is 8.99. The summed E-state index contributed by atoms with van der Waals surface area (Å²) < 4.78 is 27.9. The zero-order valence-corrected chi connectivity index (χ0v) is 14.8. The highest BCUT2D eigenvalue weighted by Gasteiger charge is 2.24. The lowest BCUT2D eigenvalue weighted by atomic mass is 10.1. The number of amides is 1. The van der Waals surface area contributed by atoms with Crippen molar-refractivity contribution in [3.05, 3.63) is 71.7 Å². The van der Waals surface area contributed by atoms with Crippen LogP contribution < -0.4 is 0 Å². The first-order chi connectivity index (χ1) is 13.1. The van der Waals surface area contributed by atoms with Gasteiger partial charge in [0.1, 0.15) is 5.82 Å². The molecule has 1 fully saturated rings. The number of pyridine rings is 1. The smallest absolute Gasteiger partial charge is 0.257 e. The second-order valence-corrected chi connectivity index (χ2v) is 6.73. The maximum absolute atomic E-state index is 13.4. The Morgan fingerprint density at radius 3 is 2.52 bits per heavy atom. The van der Waals surface area contributed by atoms with Gasteiger partial charge in [0, 0.05) is 38.9 Å². The Labute approximate surface area is 155 Å². The number of piperazine rings is 1. The van der Waals surface area contributed by atoms with Gasteiger partial charge in [-0.1, -0.05) is 12.1 Å². The van der Waals surface area contributed by atoms with Crippen molar-refractivity contribution in [2.75, 3.05) is 32.7 Å². The van der Waals surface area contributed by atoms with Crippen LogP contribution in [0.4, 0.5) is 8.78 Å². The molecular formula is C20H20F2N4O. The number of fused-ring (bicyclic) bond motifs is 1. The minimum Gasteiger partial charge on any atom is -0.336 e. The van der Waals surface area contributed by atoms with Gasteiger partial charge in [0.2, 0.25) is 5.95 Å². The van der Waals surface area contributed by atoms with Crippen LogP contribution in [0.15, 0.2) is 48.8 Å². The fourth-order valence-corrected chi connectivity index (χ4v) is 3.43. The maximum atomic E-state index is 13.4. The molecule has 3 heterocycles. The van der Waals surface area contributed by atoms with Crippen LogP contribution in [0, 0.1) is 11.8 Å². The minimum atomic E-state index is -0.596. The average molecular weight is 370 g/mol. The molecular weight excluding hydrogens is 350 g/mol. The standard InChI is InChI=1S/C20H20F2N4O/c21-16-5-3-15(4-6-16)7-9-24-10-12-25(13-11-24)20(27)17-2-1-8-26-14-18(22)23-19(17)26/h1-6,8,14H,7,9-13H2.